The second-order valence-corrected chi connectivity index (χ2v) is 4.99. The molecule has 1 aromatic rings. The number of likely N-dealkylation sites (N-methyl/N-ethyl adjacent to an activating group) is 1. The molecule has 0 bridgehead atoms. The molecule has 116 valence electrons. The number of methoxy groups -OCH3 is 1. The largest absolute Gasteiger partial charge is 0.397 e. The van der Waals surface area contributed by atoms with Gasteiger partial charge in [0.25, 0.3) is 5.91 Å². The second kappa shape index (κ2) is 7.80. The zero-order chi connectivity index (χ0) is 16.0. The first kappa shape index (κ1) is 17.2. The van der Waals surface area contributed by atoms with E-state index in [4.69, 9.17) is 22.1 Å². The minimum absolute atomic E-state index is 0.0609. The van der Waals surface area contributed by atoms with E-state index in [9.17, 15) is 9.59 Å². The summed E-state index contributed by atoms with van der Waals surface area (Å²) in [4.78, 5) is 30.9. The molecule has 2 N–H and O–H groups in total. The van der Waals surface area contributed by atoms with Crippen molar-refractivity contribution in [2.45, 2.75) is 0 Å². The van der Waals surface area contributed by atoms with Crippen molar-refractivity contribution in [1.29, 1.82) is 0 Å². The molecule has 0 spiro atoms. The van der Waals surface area contributed by atoms with Crippen molar-refractivity contribution in [2.24, 2.45) is 0 Å². The SMILES string of the molecule is COCCN(CC(=O)N(C)C)C(=O)c1cc(Cl)ncc1N. The summed E-state index contributed by atoms with van der Waals surface area (Å²) < 4.78 is 4.97. The van der Waals surface area contributed by atoms with Gasteiger partial charge in [-0.15, -0.1) is 0 Å². The van der Waals surface area contributed by atoms with Crippen molar-refractivity contribution in [3.05, 3.63) is 23.0 Å². The number of carbonyl (C=O) groups excluding carboxylic acids is 2. The molecular formula is C13H19ClN4O3. The van der Waals surface area contributed by atoms with Crippen molar-refractivity contribution >= 4 is 29.1 Å². The van der Waals surface area contributed by atoms with Crippen LogP contribution in [0.3, 0.4) is 0 Å². The smallest absolute Gasteiger partial charge is 0.256 e. The number of nitrogen functional groups attached to an aromatic ring is 1. The van der Waals surface area contributed by atoms with Crippen LogP contribution in [-0.4, -0.2) is 67.5 Å². The predicted molar refractivity (Wildman–Crippen MR) is 80.1 cm³/mol. The van der Waals surface area contributed by atoms with Gasteiger partial charge in [-0.25, -0.2) is 4.98 Å². The highest BCUT2D eigenvalue weighted by atomic mass is 35.5. The summed E-state index contributed by atoms with van der Waals surface area (Å²) in [6.07, 6.45) is 1.32. The molecular weight excluding hydrogens is 296 g/mol. The molecule has 8 heteroatoms. The first-order valence-electron chi connectivity index (χ1n) is 6.26. The Bertz CT molecular complexity index is 522. The Morgan fingerprint density at radius 3 is 2.67 bits per heavy atom. The maximum atomic E-state index is 12.5. The first-order valence-corrected chi connectivity index (χ1v) is 6.64. The van der Waals surface area contributed by atoms with Crippen LogP contribution in [0.25, 0.3) is 0 Å². The Balaban J connectivity index is 2.98. The normalized spacial score (nSPS) is 10.3. The number of carbonyl (C=O) groups is 2. The fourth-order valence-electron chi connectivity index (χ4n) is 1.55. The lowest BCUT2D eigenvalue weighted by atomic mass is 10.2. The molecule has 0 aliphatic rings. The van der Waals surface area contributed by atoms with Crippen LogP contribution in [0, 0.1) is 0 Å². The van der Waals surface area contributed by atoms with Crippen LogP contribution < -0.4 is 5.73 Å². The van der Waals surface area contributed by atoms with E-state index in [0.717, 1.165) is 0 Å². The number of nitrogens with two attached hydrogens (primary N) is 1. The minimum atomic E-state index is -0.385. The van der Waals surface area contributed by atoms with Crippen molar-refractivity contribution < 1.29 is 14.3 Å². The number of hydrogen-bond acceptors (Lipinski definition) is 5. The summed E-state index contributed by atoms with van der Waals surface area (Å²) in [6.45, 7) is 0.522. The Labute approximate surface area is 128 Å². The predicted octanol–water partition coefficient (Wildman–Crippen LogP) is 0.494. The number of anilines is 1. The highest BCUT2D eigenvalue weighted by molar-refractivity contribution is 6.29. The van der Waals surface area contributed by atoms with Crippen LogP contribution >= 0.6 is 11.6 Å². The van der Waals surface area contributed by atoms with Gasteiger partial charge in [-0.05, 0) is 6.07 Å². The number of hydrogen-bond donors (Lipinski definition) is 1. The van der Waals surface area contributed by atoms with E-state index in [1.807, 2.05) is 0 Å². The highest BCUT2D eigenvalue weighted by Crippen LogP contribution is 2.17. The van der Waals surface area contributed by atoms with Gasteiger partial charge in [-0.3, -0.25) is 9.59 Å². The highest BCUT2D eigenvalue weighted by Gasteiger charge is 2.21. The molecule has 0 aliphatic carbocycles. The lowest BCUT2D eigenvalue weighted by molar-refractivity contribution is -0.129. The maximum absolute atomic E-state index is 12.5. The van der Waals surface area contributed by atoms with E-state index >= 15 is 0 Å². The quantitative estimate of drug-likeness (QED) is 0.772. The van der Waals surface area contributed by atoms with Gasteiger partial charge in [-0.2, -0.15) is 0 Å². The minimum Gasteiger partial charge on any atom is -0.397 e. The van der Waals surface area contributed by atoms with Crippen molar-refractivity contribution in [2.75, 3.05) is 46.6 Å². The molecule has 0 saturated heterocycles. The Hall–Kier alpha value is -1.86. The van der Waals surface area contributed by atoms with Gasteiger partial charge in [0.15, 0.2) is 0 Å². The van der Waals surface area contributed by atoms with Gasteiger partial charge in [0.2, 0.25) is 5.91 Å². The fraction of sp³-hybridized carbons (Fsp3) is 0.462. The number of nitrogens with zero attached hydrogens (tertiary/aromatic N) is 3. The van der Waals surface area contributed by atoms with Crippen LogP contribution in [0.1, 0.15) is 10.4 Å². The molecule has 0 aliphatic heterocycles. The fourth-order valence-corrected chi connectivity index (χ4v) is 1.71. The molecule has 0 saturated carbocycles. The summed E-state index contributed by atoms with van der Waals surface area (Å²) in [5.74, 6) is -0.581. The average Bonchev–Trinajstić information content (AvgIpc) is 2.44. The molecule has 1 heterocycles. The van der Waals surface area contributed by atoms with Crippen LogP contribution in [0.5, 0.6) is 0 Å². The van der Waals surface area contributed by atoms with Crippen molar-refractivity contribution in [3.8, 4) is 0 Å². The third-order valence-corrected chi connectivity index (χ3v) is 3.02. The molecule has 0 radical (unpaired) electrons. The average molecular weight is 315 g/mol. The Morgan fingerprint density at radius 1 is 1.43 bits per heavy atom. The number of halogens is 1. The number of aromatic nitrogens is 1. The van der Waals surface area contributed by atoms with Crippen LogP contribution in [0.2, 0.25) is 5.15 Å². The van der Waals surface area contributed by atoms with Gasteiger partial charge < -0.3 is 20.3 Å². The van der Waals surface area contributed by atoms with Crippen LogP contribution in [-0.2, 0) is 9.53 Å². The van der Waals surface area contributed by atoms with E-state index < -0.39 is 0 Å². The summed E-state index contributed by atoms with van der Waals surface area (Å²) in [7, 11) is 4.77. The summed E-state index contributed by atoms with van der Waals surface area (Å²) in [5, 5.41) is 0.165. The van der Waals surface area contributed by atoms with E-state index in [1.54, 1.807) is 14.1 Å². The molecule has 7 nitrogen and oxygen atoms in total. The zero-order valence-electron chi connectivity index (χ0n) is 12.3. The maximum Gasteiger partial charge on any atom is 0.256 e. The third kappa shape index (κ3) is 4.87. The molecule has 0 aromatic carbocycles. The van der Waals surface area contributed by atoms with Crippen molar-refractivity contribution in [1.82, 2.24) is 14.8 Å². The van der Waals surface area contributed by atoms with Crippen LogP contribution in [0.15, 0.2) is 12.3 Å². The van der Waals surface area contributed by atoms with Gasteiger partial charge in [-0.1, -0.05) is 11.6 Å². The topological polar surface area (TPSA) is 88.8 Å². The monoisotopic (exact) mass is 314 g/mol. The molecule has 0 unspecified atom stereocenters. The Kier molecular flexibility index (Phi) is 6.39. The molecule has 21 heavy (non-hydrogen) atoms. The van der Waals surface area contributed by atoms with Gasteiger partial charge in [0, 0.05) is 27.7 Å². The van der Waals surface area contributed by atoms with E-state index in [-0.39, 0.29) is 41.3 Å². The summed E-state index contributed by atoms with van der Waals surface area (Å²) in [5.41, 5.74) is 6.18. The molecule has 1 aromatic heterocycles. The second-order valence-electron chi connectivity index (χ2n) is 4.60. The van der Waals surface area contributed by atoms with E-state index in [1.165, 1.54) is 29.2 Å². The first-order chi connectivity index (χ1) is 9.86. The number of ether oxygens (including phenoxy) is 1. The van der Waals surface area contributed by atoms with E-state index in [2.05, 4.69) is 4.98 Å². The molecule has 0 fully saturated rings. The molecule has 1 rings (SSSR count). The number of rotatable bonds is 6. The Morgan fingerprint density at radius 2 is 2.10 bits per heavy atom. The molecule has 2 amide bonds. The standard InChI is InChI=1S/C13H19ClN4O3/c1-17(2)12(19)8-18(4-5-21-3)13(20)9-6-11(14)16-7-10(9)15/h6-7H,4-5,8,15H2,1-3H3. The summed E-state index contributed by atoms with van der Waals surface area (Å²) >= 11 is 5.79. The van der Waals surface area contributed by atoms with Gasteiger partial charge in [0.05, 0.1) is 24.1 Å². The van der Waals surface area contributed by atoms with E-state index in [0.29, 0.717) is 6.61 Å². The lowest BCUT2D eigenvalue weighted by Crippen LogP contribution is -2.42. The van der Waals surface area contributed by atoms with Crippen LogP contribution in [0.4, 0.5) is 5.69 Å². The van der Waals surface area contributed by atoms with Crippen molar-refractivity contribution in [3.63, 3.8) is 0 Å². The zero-order valence-corrected chi connectivity index (χ0v) is 13.1. The lowest BCUT2D eigenvalue weighted by Gasteiger charge is -2.24. The third-order valence-electron chi connectivity index (χ3n) is 2.81. The summed E-state index contributed by atoms with van der Waals surface area (Å²) in [6, 6.07) is 1.39. The number of pyridine rings is 1. The van der Waals surface area contributed by atoms with Gasteiger partial charge >= 0.3 is 0 Å². The number of amides is 2. The van der Waals surface area contributed by atoms with Gasteiger partial charge in [0.1, 0.15) is 11.7 Å². The molecule has 0 atom stereocenters.